The van der Waals surface area contributed by atoms with E-state index in [-0.39, 0.29) is 5.82 Å². The molecule has 0 aliphatic carbocycles. The average molecular weight is 218 g/mol. The van der Waals surface area contributed by atoms with Crippen molar-refractivity contribution in [2.45, 2.75) is 10.6 Å². The molecule has 2 aromatic carbocycles. The zero-order chi connectivity index (χ0) is 10.5. The highest BCUT2D eigenvalue weighted by molar-refractivity contribution is 7.98. The first-order chi connectivity index (χ1) is 7.36. The van der Waals surface area contributed by atoms with E-state index >= 15 is 0 Å². The van der Waals surface area contributed by atoms with Crippen LogP contribution in [0.2, 0.25) is 0 Å². The van der Waals surface area contributed by atoms with Crippen LogP contribution in [-0.4, -0.2) is 0 Å². The predicted octanol–water partition coefficient (Wildman–Crippen LogP) is 4.12. The van der Waals surface area contributed by atoms with Crippen molar-refractivity contribution in [3.05, 3.63) is 66.0 Å². The van der Waals surface area contributed by atoms with E-state index in [0.29, 0.717) is 5.75 Å². The topological polar surface area (TPSA) is 0 Å². The summed E-state index contributed by atoms with van der Waals surface area (Å²) in [7, 11) is 0. The first-order valence-corrected chi connectivity index (χ1v) is 5.76. The number of benzene rings is 2. The fraction of sp³-hybridized carbons (Fsp3) is 0.0769. The molecular weight excluding hydrogens is 207 g/mol. The second kappa shape index (κ2) is 4.99. The van der Waals surface area contributed by atoms with Gasteiger partial charge in [-0.25, -0.2) is 4.39 Å². The predicted molar refractivity (Wildman–Crippen MR) is 62.4 cm³/mol. The number of hydrogen-bond acceptors (Lipinski definition) is 1. The largest absolute Gasteiger partial charge is 0.207 e. The van der Waals surface area contributed by atoms with E-state index in [4.69, 9.17) is 0 Å². The van der Waals surface area contributed by atoms with Crippen LogP contribution in [0.4, 0.5) is 4.39 Å². The first-order valence-electron chi connectivity index (χ1n) is 4.77. The Balaban J connectivity index is 2.03. The van der Waals surface area contributed by atoms with Crippen molar-refractivity contribution >= 4 is 11.8 Å². The summed E-state index contributed by atoms with van der Waals surface area (Å²) in [6.45, 7) is 0. The summed E-state index contributed by atoms with van der Waals surface area (Å²) in [6.07, 6.45) is 0. The van der Waals surface area contributed by atoms with Gasteiger partial charge in [0.1, 0.15) is 5.82 Å². The molecule has 0 N–H and O–H groups in total. The molecule has 0 radical (unpaired) electrons. The number of hydrogen-bond donors (Lipinski definition) is 0. The van der Waals surface area contributed by atoms with Crippen molar-refractivity contribution in [3.63, 3.8) is 0 Å². The van der Waals surface area contributed by atoms with Crippen LogP contribution in [0.5, 0.6) is 0 Å². The molecule has 2 aromatic rings. The van der Waals surface area contributed by atoms with Crippen molar-refractivity contribution in [1.29, 1.82) is 0 Å². The van der Waals surface area contributed by atoms with Gasteiger partial charge in [-0.1, -0.05) is 36.4 Å². The highest BCUT2D eigenvalue weighted by Gasteiger charge is 2.00. The zero-order valence-corrected chi connectivity index (χ0v) is 9.01. The van der Waals surface area contributed by atoms with Crippen LogP contribution in [0.3, 0.4) is 0 Å². The lowest BCUT2D eigenvalue weighted by atomic mass is 10.2. The van der Waals surface area contributed by atoms with Crippen LogP contribution in [0.15, 0.2) is 59.5 Å². The van der Waals surface area contributed by atoms with E-state index in [1.165, 1.54) is 11.0 Å². The Hall–Kier alpha value is -1.28. The Bertz CT molecular complexity index is 426. The highest BCUT2D eigenvalue weighted by Crippen LogP contribution is 2.23. The van der Waals surface area contributed by atoms with Gasteiger partial charge < -0.3 is 0 Å². The van der Waals surface area contributed by atoms with Crippen LogP contribution >= 0.6 is 11.8 Å². The lowest BCUT2D eigenvalue weighted by Crippen LogP contribution is -1.85. The van der Waals surface area contributed by atoms with E-state index in [2.05, 4.69) is 0 Å². The average Bonchev–Trinajstić information content (AvgIpc) is 2.29. The van der Waals surface area contributed by atoms with Gasteiger partial charge >= 0.3 is 0 Å². The molecule has 0 heterocycles. The van der Waals surface area contributed by atoms with Crippen LogP contribution in [-0.2, 0) is 5.75 Å². The molecule has 2 heteroatoms. The van der Waals surface area contributed by atoms with Gasteiger partial charge in [0.2, 0.25) is 0 Å². The molecule has 0 spiro atoms. The molecule has 2 rings (SSSR count). The Morgan fingerprint density at radius 1 is 0.867 bits per heavy atom. The summed E-state index contributed by atoms with van der Waals surface area (Å²) in [5.41, 5.74) is 0.756. The summed E-state index contributed by atoms with van der Waals surface area (Å²) in [6, 6.07) is 16.9. The lowest BCUT2D eigenvalue weighted by molar-refractivity contribution is 0.617. The smallest absolute Gasteiger partial charge is 0.127 e. The summed E-state index contributed by atoms with van der Waals surface area (Å²) in [4.78, 5) is 1.17. The van der Waals surface area contributed by atoms with Gasteiger partial charge in [-0.05, 0) is 23.8 Å². The third-order valence-corrected chi connectivity index (χ3v) is 3.16. The second-order valence-corrected chi connectivity index (χ2v) is 4.24. The number of halogens is 1. The molecule has 15 heavy (non-hydrogen) atoms. The quantitative estimate of drug-likeness (QED) is 0.698. The third-order valence-electron chi connectivity index (χ3n) is 2.10. The monoisotopic (exact) mass is 218 g/mol. The molecular formula is C13H11FS. The lowest BCUT2D eigenvalue weighted by Gasteiger charge is -2.02. The molecule has 0 aromatic heterocycles. The fourth-order valence-corrected chi connectivity index (χ4v) is 2.20. The minimum Gasteiger partial charge on any atom is -0.207 e. The molecule has 0 saturated carbocycles. The Kier molecular flexibility index (Phi) is 3.41. The maximum Gasteiger partial charge on any atom is 0.127 e. The number of thioether (sulfide) groups is 1. The SMILES string of the molecule is Fc1ccccc1CSc1ccccc1. The molecule has 0 saturated heterocycles. The van der Waals surface area contributed by atoms with Crippen molar-refractivity contribution in [3.8, 4) is 0 Å². The van der Waals surface area contributed by atoms with E-state index in [1.807, 2.05) is 42.5 Å². The van der Waals surface area contributed by atoms with Gasteiger partial charge in [0.25, 0.3) is 0 Å². The van der Waals surface area contributed by atoms with Crippen LogP contribution < -0.4 is 0 Å². The van der Waals surface area contributed by atoms with Crippen LogP contribution in [0, 0.1) is 5.82 Å². The molecule has 0 unspecified atom stereocenters. The molecule has 0 nitrogen and oxygen atoms in total. The van der Waals surface area contributed by atoms with E-state index in [1.54, 1.807) is 17.8 Å². The molecule has 76 valence electrons. The molecule has 0 bridgehead atoms. The second-order valence-electron chi connectivity index (χ2n) is 3.19. The summed E-state index contributed by atoms with van der Waals surface area (Å²) < 4.78 is 13.3. The molecule has 0 aliphatic rings. The Morgan fingerprint density at radius 2 is 1.53 bits per heavy atom. The molecule has 0 aliphatic heterocycles. The fourth-order valence-electron chi connectivity index (χ4n) is 1.29. The first kappa shape index (κ1) is 10.2. The summed E-state index contributed by atoms with van der Waals surface area (Å²) >= 11 is 1.65. The summed E-state index contributed by atoms with van der Waals surface area (Å²) in [5.74, 6) is 0.553. The molecule has 0 fully saturated rings. The van der Waals surface area contributed by atoms with Crippen LogP contribution in [0.1, 0.15) is 5.56 Å². The van der Waals surface area contributed by atoms with E-state index in [0.717, 1.165) is 5.56 Å². The minimum absolute atomic E-state index is 0.124. The van der Waals surface area contributed by atoms with Gasteiger partial charge in [-0.15, -0.1) is 11.8 Å². The van der Waals surface area contributed by atoms with Gasteiger partial charge in [0.15, 0.2) is 0 Å². The Morgan fingerprint density at radius 3 is 2.27 bits per heavy atom. The maximum absolute atomic E-state index is 13.3. The molecule has 0 atom stereocenters. The van der Waals surface area contributed by atoms with Crippen molar-refractivity contribution in [1.82, 2.24) is 0 Å². The van der Waals surface area contributed by atoms with Gasteiger partial charge in [0.05, 0.1) is 0 Å². The minimum atomic E-state index is -0.124. The van der Waals surface area contributed by atoms with Crippen LogP contribution in [0.25, 0.3) is 0 Å². The van der Waals surface area contributed by atoms with Gasteiger partial charge in [-0.2, -0.15) is 0 Å². The third kappa shape index (κ3) is 2.83. The van der Waals surface area contributed by atoms with Crippen molar-refractivity contribution in [2.24, 2.45) is 0 Å². The normalized spacial score (nSPS) is 10.2. The number of rotatable bonds is 3. The van der Waals surface area contributed by atoms with Crippen molar-refractivity contribution < 1.29 is 4.39 Å². The maximum atomic E-state index is 13.3. The highest BCUT2D eigenvalue weighted by atomic mass is 32.2. The zero-order valence-electron chi connectivity index (χ0n) is 8.19. The van der Waals surface area contributed by atoms with Gasteiger partial charge in [-0.3, -0.25) is 0 Å². The van der Waals surface area contributed by atoms with E-state index in [9.17, 15) is 4.39 Å². The van der Waals surface area contributed by atoms with Gasteiger partial charge in [0, 0.05) is 10.6 Å². The summed E-state index contributed by atoms with van der Waals surface area (Å²) in [5, 5.41) is 0. The van der Waals surface area contributed by atoms with Crippen molar-refractivity contribution in [2.75, 3.05) is 0 Å². The van der Waals surface area contributed by atoms with E-state index < -0.39 is 0 Å². The standard InChI is InChI=1S/C13H11FS/c14-13-9-5-4-6-11(13)10-15-12-7-2-1-3-8-12/h1-9H,10H2. The molecule has 0 amide bonds. The Labute approximate surface area is 93.1 Å².